The zero-order chi connectivity index (χ0) is 14.0. The molecule has 0 aliphatic rings. The number of phosphoric acid groups is 1. The van der Waals surface area contributed by atoms with E-state index in [1.165, 1.54) is 16.9 Å². The second-order valence-electron chi connectivity index (χ2n) is 4.41. The molecule has 19 heavy (non-hydrogen) atoms. The highest BCUT2D eigenvalue weighted by Gasteiger charge is 2.17. The second kappa shape index (κ2) is 5.61. The number of fused-ring (bicyclic) bond motifs is 1. The van der Waals surface area contributed by atoms with E-state index in [9.17, 15) is 4.57 Å². The fourth-order valence-electron chi connectivity index (χ4n) is 1.81. The summed E-state index contributed by atoms with van der Waals surface area (Å²) in [7, 11) is -2.57. The highest BCUT2D eigenvalue weighted by molar-refractivity contribution is 7.47. The molecule has 2 aromatic rings. The normalized spacial score (nSPS) is 13.7. The number of hydrogen-bond donors (Lipinski definition) is 3. The minimum Gasteiger partial charge on any atom is -0.394 e. The minimum atomic E-state index is -4.48. The molecule has 5 nitrogen and oxygen atoms in total. The number of phosphoric ester groups is 1. The summed E-state index contributed by atoms with van der Waals surface area (Å²) in [6.45, 7) is 2.10. The predicted octanol–water partition coefficient (Wildman–Crippen LogP) is 2.52. The first kappa shape index (κ1) is 14.5. The van der Waals surface area contributed by atoms with Gasteiger partial charge in [0.25, 0.3) is 0 Å². The smallest absolute Gasteiger partial charge is 0.394 e. The maximum atomic E-state index is 10.8. The highest BCUT2D eigenvalue weighted by Crippen LogP contribution is 2.43. The van der Waals surface area contributed by atoms with Crippen LogP contribution < -0.4 is 9.84 Å². The number of hydrogen-bond acceptors (Lipinski definition) is 4. The van der Waals surface area contributed by atoms with E-state index < -0.39 is 7.82 Å². The molecule has 0 fully saturated rings. The standard InChI is InChI=1S/C12H16NO4PS/c1-8(13-2)5-9-3-4-11-10(6-9)7-12(19-11)17-18(14,15)16/h3-4,6-8,13H,5H2,1-2H3,(H2,14,15,16). The molecule has 0 saturated carbocycles. The molecule has 2 rings (SSSR count). The average molecular weight is 301 g/mol. The first-order chi connectivity index (χ1) is 8.87. The Hall–Kier alpha value is -0.910. The maximum absolute atomic E-state index is 10.8. The van der Waals surface area contributed by atoms with Gasteiger partial charge in [-0.3, -0.25) is 9.79 Å². The lowest BCUT2D eigenvalue weighted by Gasteiger charge is -2.09. The summed E-state index contributed by atoms with van der Waals surface area (Å²) in [6.07, 6.45) is 0.900. The molecule has 0 saturated heterocycles. The minimum absolute atomic E-state index is 0.238. The monoisotopic (exact) mass is 301 g/mol. The number of likely N-dealkylation sites (N-methyl/N-ethyl adjacent to an activating group) is 1. The van der Waals surface area contributed by atoms with Gasteiger partial charge in [-0.05, 0) is 37.4 Å². The lowest BCUT2D eigenvalue weighted by Crippen LogP contribution is -2.23. The third-order valence-electron chi connectivity index (χ3n) is 2.80. The lowest BCUT2D eigenvalue weighted by atomic mass is 10.1. The van der Waals surface area contributed by atoms with Gasteiger partial charge >= 0.3 is 7.82 Å². The van der Waals surface area contributed by atoms with E-state index in [1.54, 1.807) is 6.07 Å². The van der Waals surface area contributed by atoms with Gasteiger partial charge in [-0.25, -0.2) is 4.57 Å². The van der Waals surface area contributed by atoms with Crippen molar-refractivity contribution in [3.63, 3.8) is 0 Å². The summed E-state index contributed by atoms with van der Waals surface area (Å²) in [5.41, 5.74) is 1.18. The van der Waals surface area contributed by atoms with Gasteiger partial charge in [0.1, 0.15) is 0 Å². The molecule has 1 aromatic carbocycles. The number of rotatable bonds is 5. The van der Waals surface area contributed by atoms with E-state index in [0.717, 1.165) is 16.5 Å². The Kier molecular flexibility index (Phi) is 4.28. The van der Waals surface area contributed by atoms with E-state index in [1.807, 2.05) is 25.2 Å². The van der Waals surface area contributed by atoms with E-state index in [0.29, 0.717) is 6.04 Å². The molecule has 7 heteroatoms. The van der Waals surface area contributed by atoms with Gasteiger partial charge in [-0.2, -0.15) is 0 Å². The molecule has 0 aliphatic heterocycles. The van der Waals surface area contributed by atoms with Crippen LogP contribution >= 0.6 is 19.2 Å². The van der Waals surface area contributed by atoms with Crippen molar-refractivity contribution in [2.75, 3.05) is 7.05 Å². The Morgan fingerprint density at radius 2 is 2.16 bits per heavy atom. The SMILES string of the molecule is CNC(C)Cc1ccc2sc(OP(=O)(O)O)cc2c1. The van der Waals surface area contributed by atoms with Crippen molar-refractivity contribution in [2.24, 2.45) is 0 Å². The van der Waals surface area contributed by atoms with Crippen LogP contribution in [0.15, 0.2) is 24.3 Å². The average Bonchev–Trinajstić information content (AvgIpc) is 2.67. The largest absolute Gasteiger partial charge is 0.525 e. The van der Waals surface area contributed by atoms with Crippen LogP contribution in [0.3, 0.4) is 0 Å². The van der Waals surface area contributed by atoms with Crippen molar-refractivity contribution in [3.8, 4) is 5.06 Å². The van der Waals surface area contributed by atoms with Crippen molar-refractivity contribution < 1.29 is 18.9 Å². The van der Waals surface area contributed by atoms with Gasteiger partial charge in [-0.15, -0.1) is 0 Å². The Labute approximate surface area is 115 Å². The summed E-state index contributed by atoms with van der Waals surface area (Å²) in [6, 6.07) is 8.03. The molecule has 1 unspecified atom stereocenters. The summed E-state index contributed by atoms with van der Waals surface area (Å²) in [5.74, 6) is 0. The Bertz CT molecular complexity index is 621. The molecule has 0 radical (unpaired) electrons. The van der Waals surface area contributed by atoms with Crippen molar-refractivity contribution in [3.05, 3.63) is 29.8 Å². The number of nitrogens with one attached hydrogen (secondary N) is 1. The van der Waals surface area contributed by atoms with Gasteiger partial charge in [-0.1, -0.05) is 23.5 Å². The molecule has 1 atom stereocenters. The second-order valence-corrected chi connectivity index (χ2v) is 6.62. The van der Waals surface area contributed by atoms with Crippen molar-refractivity contribution in [2.45, 2.75) is 19.4 Å². The molecule has 0 amide bonds. The molecule has 1 aromatic heterocycles. The van der Waals surface area contributed by atoms with Gasteiger partial charge < -0.3 is 9.84 Å². The van der Waals surface area contributed by atoms with Crippen molar-refractivity contribution >= 4 is 29.2 Å². The Morgan fingerprint density at radius 1 is 1.42 bits per heavy atom. The topological polar surface area (TPSA) is 78.8 Å². The molecular formula is C12H16NO4PS. The molecule has 0 bridgehead atoms. The third-order valence-corrected chi connectivity index (χ3v) is 4.35. The first-order valence-electron chi connectivity index (χ1n) is 5.82. The zero-order valence-corrected chi connectivity index (χ0v) is 12.4. The van der Waals surface area contributed by atoms with Crippen molar-refractivity contribution in [1.29, 1.82) is 0 Å². The van der Waals surface area contributed by atoms with Gasteiger partial charge in [0.15, 0.2) is 5.06 Å². The fourth-order valence-corrected chi connectivity index (χ4v) is 3.32. The van der Waals surface area contributed by atoms with E-state index in [-0.39, 0.29) is 5.06 Å². The van der Waals surface area contributed by atoms with Crippen LogP contribution in [0.4, 0.5) is 0 Å². The molecule has 1 heterocycles. The van der Waals surface area contributed by atoms with Gasteiger partial charge in [0.05, 0.1) is 0 Å². The number of thiophene rings is 1. The lowest BCUT2D eigenvalue weighted by molar-refractivity contribution is 0.286. The predicted molar refractivity (Wildman–Crippen MR) is 76.7 cm³/mol. The van der Waals surface area contributed by atoms with Crippen LogP contribution in [-0.2, 0) is 11.0 Å². The maximum Gasteiger partial charge on any atom is 0.525 e. The molecule has 0 spiro atoms. The Morgan fingerprint density at radius 3 is 2.79 bits per heavy atom. The van der Waals surface area contributed by atoms with E-state index in [4.69, 9.17) is 9.79 Å². The van der Waals surface area contributed by atoms with Crippen LogP contribution in [0.2, 0.25) is 0 Å². The van der Waals surface area contributed by atoms with Crippen LogP contribution in [0.1, 0.15) is 12.5 Å². The van der Waals surface area contributed by atoms with Crippen molar-refractivity contribution in [1.82, 2.24) is 5.32 Å². The van der Waals surface area contributed by atoms with Crippen LogP contribution in [0.5, 0.6) is 5.06 Å². The van der Waals surface area contributed by atoms with Gasteiger partial charge in [0.2, 0.25) is 0 Å². The summed E-state index contributed by atoms with van der Waals surface area (Å²) in [4.78, 5) is 17.6. The third kappa shape index (κ3) is 4.03. The highest BCUT2D eigenvalue weighted by atomic mass is 32.1. The molecule has 0 aliphatic carbocycles. The fraction of sp³-hybridized carbons (Fsp3) is 0.333. The molecular weight excluding hydrogens is 285 g/mol. The summed E-state index contributed by atoms with van der Waals surface area (Å²) in [5, 5.41) is 4.35. The molecule has 104 valence electrons. The van der Waals surface area contributed by atoms with Gasteiger partial charge in [0, 0.05) is 16.8 Å². The molecule has 3 N–H and O–H groups in total. The quantitative estimate of drug-likeness (QED) is 0.740. The zero-order valence-electron chi connectivity index (χ0n) is 10.7. The number of benzene rings is 1. The van der Waals surface area contributed by atoms with E-state index >= 15 is 0 Å². The summed E-state index contributed by atoms with van der Waals surface area (Å²) >= 11 is 1.23. The van der Waals surface area contributed by atoms with E-state index in [2.05, 4.69) is 16.8 Å². The summed E-state index contributed by atoms with van der Waals surface area (Å²) < 4.78 is 16.3. The first-order valence-corrected chi connectivity index (χ1v) is 8.17. The Balaban J connectivity index is 2.26. The van der Waals surface area contributed by atoms with Crippen LogP contribution in [-0.4, -0.2) is 22.9 Å². The van der Waals surface area contributed by atoms with Crippen LogP contribution in [0, 0.1) is 0 Å². The van der Waals surface area contributed by atoms with Crippen LogP contribution in [0.25, 0.3) is 10.1 Å².